The number of ketones is 1. The second-order valence-corrected chi connectivity index (χ2v) is 5.14. The monoisotopic (exact) mass is 226 g/mol. The molecule has 0 aromatic rings. The molecule has 0 bridgehead atoms. The van der Waals surface area contributed by atoms with Crippen LogP contribution in [-0.4, -0.2) is 41.4 Å². The van der Waals surface area contributed by atoms with E-state index < -0.39 is 17.3 Å². The largest absolute Gasteiger partial charge is 0.385 e. The van der Waals surface area contributed by atoms with Crippen LogP contribution in [0.15, 0.2) is 0 Å². The van der Waals surface area contributed by atoms with Crippen LogP contribution in [-0.2, 0) is 14.3 Å². The van der Waals surface area contributed by atoms with E-state index in [-0.39, 0.29) is 5.78 Å². The Bertz CT molecular complexity index is 300. The van der Waals surface area contributed by atoms with E-state index in [0.717, 1.165) is 25.7 Å². The zero-order chi connectivity index (χ0) is 11.2. The van der Waals surface area contributed by atoms with Gasteiger partial charge < -0.3 is 14.6 Å². The molecule has 3 aliphatic rings. The van der Waals surface area contributed by atoms with Crippen molar-refractivity contribution in [2.75, 3.05) is 13.2 Å². The van der Waals surface area contributed by atoms with Crippen LogP contribution >= 0.6 is 0 Å². The maximum Gasteiger partial charge on any atom is 0.195 e. The molecule has 0 unspecified atom stereocenters. The van der Waals surface area contributed by atoms with Crippen LogP contribution in [0.2, 0.25) is 0 Å². The van der Waals surface area contributed by atoms with Gasteiger partial charge >= 0.3 is 0 Å². The molecular weight excluding hydrogens is 208 g/mol. The van der Waals surface area contributed by atoms with Crippen molar-refractivity contribution in [3.63, 3.8) is 0 Å². The molecule has 1 saturated carbocycles. The Morgan fingerprint density at radius 1 is 1.12 bits per heavy atom. The van der Waals surface area contributed by atoms with E-state index in [0.29, 0.717) is 26.1 Å². The van der Waals surface area contributed by atoms with E-state index in [1.165, 1.54) is 0 Å². The highest BCUT2D eigenvalue weighted by atomic mass is 16.6. The molecule has 2 heterocycles. The highest BCUT2D eigenvalue weighted by molar-refractivity contribution is 5.93. The van der Waals surface area contributed by atoms with Crippen LogP contribution in [0.3, 0.4) is 0 Å². The Balaban J connectivity index is 2.01. The summed E-state index contributed by atoms with van der Waals surface area (Å²) in [5.41, 5.74) is -1.26. The van der Waals surface area contributed by atoms with E-state index in [1.54, 1.807) is 0 Å². The van der Waals surface area contributed by atoms with Gasteiger partial charge in [0.25, 0.3) is 0 Å². The summed E-state index contributed by atoms with van der Waals surface area (Å²) in [5.74, 6) is -0.141. The average Bonchev–Trinajstić information content (AvgIpc) is 2.93. The van der Waals surface area contributed by atoms with Crippen LogP contribution in [0.25, 0.3) is 0 Å². The van der Waals surface area contributed by atoms with Gasteiger partial charge in [0.1, 0.15) is 11.7 Å². The van der Waals surface area contributed by atoms with Crippen molar-refractivity contribution in [2.45, 2.75) is 55.8 Å². The smallest absolute Gasteiger partial charge is 0.195 e. The molecule has 3 atom stereocenters. The first-order chi connectivity index (χ1) is 7.70. The third kappa shape index (κ3) is 1.18. The number of ether oxygens (including phenoxy) is 2. The van der Waals surface area contributed by atoms with Gasteiger partial charge in [-0.05, 0) is 38.5 Å². The molecule has 4 nitrogen and oxygen atoms in total. The lowest BCUT2D eigenvalue weighted by Crippen LogP contribution is -2.64. The quantitative estimate of drug-likeness (QED) is 0.664. The van der Waals surface area contributed by atoms with E-state index in [9.17, 15) is 9.90 Å². The Labute approximate surface area is 94.9 Å². The van der Waals surface area contributed by atoms with Crippen LogP contribution in [0.1, 0.15) is 38.5 Å². The SMILES string of the molecule is O=C1[C@H](O)CC[C@]2(CCCO2)[C@@]12CCCO2. The standard InChI is InChI=1S/C12H18O4/c13-9-3-6-11(4-1-7-15-11)12(10(9)14)5-2-8-16-12/h9,13H,1-8H2/t9-,11-,12-/m1/s1. The molecule has 3 rings (SSSR count). The van der Waals surface area contributed by atoms with E-state index in [4.69, 9.17) is 9.47 Å². The lowest BCUT2D eigenvalue weighted by molar-refractivity contribution is -0.202. The zero-order valence-corrected chi connectivity index (χ0v) is 9.41. The molecule has 16 heavy (non-hydrogen) atoms. The summed E-state index contributed by atoms with van der Waals surface area (Å²) in [5, 5.41) is 9.76. The van der Waals surface area contributed by atoms with E-state index in [2.05, 4.69) is 0 Å². The Hall–Kier alpha value is -0.450. The summed E-state index contributed by atoms with van der Waals surface area (Å²) in [6.07, 6.45) is 3.91. The Morgan fingerprint density at radius 3 is 2.50 bits per heavy atom. The number of fused-ring (bicyclic) bond motifs is 1. The van der Waals surface area contributed by atoms with Gasteiger partial charge in [-0.2, -0.15) is 0 Å². The number of aliphatic hydroxyl groups is 1. The fraction of sp³-hybridized carbons (Fsp3) is 0.917. The molecule has 1 N–H and O–H groups in total. The minimum atomic E-state index is -0.854. The van der Waals surface area contributed by atoms with E-state index in [1.807, 2.05) is 0 Å². The molecule has 2 spiro atoms. The maximum atomic E-state index is 12.3. The van der Waals surface area contributed by atoms with Gasteiger partial charge in [-0.1, -0.05) is 0 Å². The average molecular weight is 226 g/mol. The number of carbonyl (C=O) groups is 1. The highest BCUT2D eigenvalue weighted by Crippen LogP contribution is 2.50. The molecule has 0 aromatic heterocycles. The molecule has 3 fully saturated rings. The summed E-state index contributed by atoms with van der Waals surface area (Å²) in [4.78, 5) is 12.3. The molecule has 90 valence electrons. The van der Waals surface area contributed by atoms with E-state index >= 15 is 0 Å². The molecule has 4 heteroatoms. The predicted molar refractivity (Wildman–Crippen MR) is 56.1 cm³/mol. The summed E-state index contributed by atoms with van der Waals surface area (Å²) in [6.45, 7) is 1.33. The van der Waals surface area contributed by atoms with Crippen LogP contribution in [0.5, 0.6) is 0 Å². The molecular formula is C12H18O4. The lowest BCUT2D eigenvalue weighted by atomic mass is 9.67. The first-order valence-electron chi connectivity index (χ1n) is 6.21. The Morgan fingerprint density at radius 2 is 1.88 bits per heavy atom. The topological polar surface area (TPSA) is 55.8 Å². The van der Waals surface area contributed by atoms with Crippen molar-refractivity contribution < 1.29 is 19.4 Å². The molecule has 0 radical (unpaired) electrons. The third-order valence-electron chi connectivity index (χ3n) is 4.38. The number of hydrogen-bond donors (Lipinski definition) is 1. The number of Topliss-reactive ketones (excluding diaryl/α,β-unsaturated/α-hetero) is 1. The Kier molecular flexibility index (Phi) is 2.35. The first-order valence-corrected chi connectivity index (χ1v) is 6.21. The zero-order valence-electron chi connectivity index (χ0n) is 9.41. The second-order valence-electron chi connectivity index (χ2n) is 5.14. The van der Waals surface area contributed by atoms with Crippen LogP contribution in [0, 0.1) is 0 Å². The second kappa shape index (κ2) is 3.52. The fourth-order valence-electron chi connectivity index (χ4n) is 3.60. The predicted octanol–water partition coefficient (Wildman–Crippen LogP) is 0.809. The van der Waals surface area contributed by atoms with Crippen LogP contribution < -0.4 is 0 Å². The summed E-state index contributed by atoms with van der Waals surface area (Å²) < 4.78 is 11.6. The molecule has 0 amide bonds. The van der Waals surface area contributed by atoms with Crippen molar-refractivity contribution in [3.05, 3.63) is 0 Å². The van der Waals surface area contributed by atoms with Crippen molar-refractivity contribution >= 4 is 5.78 Å². The van der Waals surface area contributed by atoms with Gasteiger partial charge in [-0.15, -0.1) is 0 Å². The maximum absolute atomic E-state index is 12.3. The lowest BCUT2D eigenvalue weighted by Gasteiger charge is -2.48. The van der Waals surface area contributed by atoms with Gasteiger partial charge in [0.2, 0.25) is 0 Å². The van der Waals surface area contributed by atoms with Crippen molar-refractivity contribution in [1.82, 2.24) is 0 Å². The van der Waals surface area contributed by atoms with Crippen molar-refractivity contribution in [2.24, 2.45) is 0 Å². The van der Waals surface area contributed by atoms with Crippen LogP contribution in [0.4, 0.5) is 0 Å². The van der Waals surface area contributed by atoms with Gasteiger partial charge in [-0.3, -0.25) is 4.79 Å². The van der Waals surface area contributed by atoms with Gasteiger partial charge in [0.05, 0.1) is 0 Å². The normalized spacial score (nSPS) is 48.3. The number of carbonyl (C=O) groups excluding carboxylic acids is 1. The first kappa shape index (κ1) is 10.7. The summed E-state index contributed by atoms with van der Waals surface area (Å²) in [6, 6.07) is 0. The minimum Gasteiger partial charge on any atom is -0.385 e. The van der Waals surface area contributed by atoms with Crippen molar-refractivity contribution in [1.29, 1.82) is 0 Å². The molecule has 1 aliphatic carbocycles. The summed E-state index contributed by atoms with van der Waals surface area (Å²) >= 11 is 0. The van der Waals surface area contributed by atoms with Gasteiger partial charge in [-0.25, -0.2) is 0 Å². The summed E-state index contributed by atoms with van der Waals surface area (Å²) in [7, 11) is 0. The highest BCUT2D eigenvalue weighted by Gasteiger charge is 2.64. The third-order valence-corrected chi connectivity index (χ3v) is 4.38. The molecule has 0 aromatic carbocycles. The van der Waals surface area contributed by atoms with Crippen molar-refractivity contribution in [3.8, 4) is 0 Å². The number of aliphatic hydroxyl groups excluding tert-OH is 1. The molecule has 2 aliphatic heterocycles. The minimum absolute atomic E-state index is 0.141. The van der Waals surface area contributed by atoms with Gasteiger partial charge in [0, 0.05) is 13.2 Å². The number of rotatable bonds is 0. The van der Waals surface area contributed by atoms with Gasteiger partial charge in [0.15, 0.2) is 11.4 Å². The fourth-order valence-corrected chi connectivity index (χ4v) is 3.60. The molecule has 2 saturated heterocycles. The number of hydrogen-bond acceptors (Lipinski definition) is 4.